The molecule has 0 spiro atoms. The Labute approximate surface area is 112 Å². The minimum atomic E-state index is -3.76. The second-order valence-corrected chi connectivity index (χ2v) is 5.47. The predicted octanol–water partition coefficient (Wildman–Crippen LogP) is -0.308. The normalized spacial score (nSPS) is 11.1. The van der Waals surface area contributed by atoms with E-state index in [0.717, 1.165) is 0 Å². The molecular formula is C11H17N3O4S. The van der Waals surface area contributed by atoms with Gasteiger partial charge in [-0.05, 0) is 18.2 Å². The minimum absolute atomic E-state index is 0.0000397. The average molecular weight is 287 g/mol. The number of anilines is 1. The van der Waals surface area contributed by atoms with Crippen LogP contribution in [0.15, 0.2) is 23.1 Å². The molecule has 0 saturated heterocycles. The summed E-state index contributed by atoms with van der Waals surface area (Å²) < 4.78 is 31.4. The van der Waals surface area contributed by atoms with Gasteiger partial charge in [-0.25, -0.2) is 13.1 Å². The number of nitrogen functional groups attached to an aromatic ring is 1. The minimum Gasteiger partial charge on any atom is -0.495 e. The van der Waals surface area contributed by atoms with Crippen LogP contribution in [0.2, 0.25) is 0 Å². The molecule has 0 atom stereocenters. The molecule has 1 aromatic carbocycles. The smallest absolute Gasteiger partial charge is 0.244 e. The van der Waals surface area contributed by atoms with Gasteiger partial charge in [0.15, 0.2) is 0 Å². The number of rotatable bonds is 6. The molecule has 0 aromatic heterocycles. The highest BCUT2D eigenvalue weighted by atomic mass is 32.2. The number of benzene rings is 1. The largest absolute Gasteiger partial charge is 0.495 e. The van der Waals surface area contributed by atoms with E-state index >= 15 is 0 Å². The monoisotopic (exact) mass is 287 g/mol. The van der Waals surface area contributed by atoms with Crippen LogP contribution in [-0.4, -0.2) is 35.0 Å². The highest BCUT2D eigenvalue weighted by Gasteiger charge is 2.19. The van der Waals surface area contributed by atoms with Crippen molar-refractivity contribution in [2.45, 2.75) is 11.3 Å². The quantitative estimate of drug-likeness (QED) is 0.622. The number of hydrogen-bond acceptors (Lipinski definition) is 5. The zero-order chi connectivity index (χ0) is 14.5. The van der Waals surface area contributed by atoms with Gasteiger partial charge in [-0.2, -0.15) is 0 Å². The van der Waals surface area contributed by atoms with E-state index in [1.165, 1.54) is 26.3 Å². The maximum atomic E-state index is 12.1. The summed E-state index contributed by atoms with van der Waals surface area (Å²) in [6, 6.07) is 4.33. The second kappa shape index (κ2) is 6.39. The first-order chi connectivity index (χ1) is 8.90. The highest BCUT2D eigenvalue weighted by Crippen LogP contribution is 2.25. The van der Waals surface area contributed by atoms with Crippen molar-refractivity contribution in [3.05, 3.63) is 18.2 Å². The molecule has 19 heavy (non-hydrogen) atoms. The Morgan fingerprint density at radius 1 is 1.42 bits per heavy atom. The van der Waals surface area contributed by atoms with E-state index in [1.54, 1.807) is 6.07 Å². The van der Waals surface area contributed by atoms with E-state index in [2.05, 4.69) is 10.0 Å². The molecule has 0 aliphatic carbocycles. The van der Waals surface area contributed by atoms with Gasteiger partial charge in [0.05, 0.1) is 7.11 Å². The standard InChI is InChI=1S/C11H17N3O4S/c1-13-11(15)5-6-14-19(16,17)10-7-8(12)3-4-9(10)18-2/h3-4,7,14H,5-6,12H2,1-2H3,(H,13,15). The molecule has 1 rings (SSSR count). The van der Waals surface area contributed by atoms with Crippen molar-refractivity contribution < 1.29 is 17.9 Å². The molecule has 106 valence electrons. The lowest BCUT2D eigenvalue weighted by Gasteiger charge is -2.11. The van der Waals surface area contributed by atoms with Gasteiger partial charge >= 0.3 is 0 Å². The molecule has 1 amide bonds. The summed E-state index contributed by atoms with van der Waals surface area (Å²) in [6.45, 7) is -0.0000397. The molecule has 0 saturated carbocycles. The number of hydrogen-bond donors (Lipinski definition) is 3. The Hall–Kier alpha value is -1.80. The van der Waals surface area contributed by atoms with E-state index in [4.69, 9.17) is 10.5 Å². The van der Waals surface area contributed by atoms with Gasteiger partial charge in [0, 0.05) is 25.7 Å². The molecule has 0 radical (unpaired) electrons. The fourth-order valence-corrected chi connectivity index (χ4v) is 2.64. The maximum absolute atomic E-state index is 12.1. The summed E-state index contributed by atoms with van der Waals surface area (Å²) in [7, 11) is -0.910. The van der Waals surface area contributed by atoms with Gasteiger partial charge in [0.25, 0.3) is 0 Å². The van der Waals surface area contributed by atoms with Crippen LogP contribution >= 0.6 is 0 Å². The maximum Gasteiger partial charge on any atom is 0.244 e. The van der Waals surface area contributed by atoms with Crippen molar-refractivity contribution in [3.63, 3.8) is 0 Å². The number of ether oxygens (including phenoxy) is 1. The number of nitrogens with one attached hydrogen (secondary N) is 2. The predicted molar refractivity (Wildman–Crippen MR) is 71.3 cm³/mol. The molecule has 1 aromatic rings. The summed E-state index contributed by atoms with van der Waals surface area (Å²) in [5, 5.41) is 2.40. The van der Waals surface area contributed by atoms with Gasteiger partial charge in [0.2, 0.25) is 15.9 Å². The first-order valence-electron chi connectivity index (χ1n) is 5.54. The third-order valence-corrected chi connectivity index (χ3v) is 3.88. The summed E-state index contributed by atoms with van der Waals surface area (Å²) >= 11 is 0. The SMILES string of the molecule is CNC(=O)CCNS(=O)(=O)c1cc(N)ccc1OC. The third-order valence-electron chi connectivity index (χ3n) is 2.40. The van der Waals surface area contributed by atoms with E-state index < -0.39 is 10.0 Å². The van der Waals surface area contributed by atoms with Gasteiger partial charge in [-0.15, -0.1) is 0 Å². The van der Waals surface area contributed by atoms with E-state index in [0.29, 0.717) is 5.69 Å². The lowest BCUT2D eigenvalue weighted by molar-refractivity contribution is -0.120. The van der Waals surface area contributed by atoms with Crippen LogP contribution in [-0.2, 0) is 14.8 Å². The number of carbonyl (C=O) groups excluding carboxylic acids is 1. The first kappa shape index (κ1) is 15.3. The van der Waals surface area contributed by atoms with Crippen LogP contribution in [0.25, 0.3) is 0 Å². The summed E-state index contributed by atoms with van der Waals surface area (Å²) in [5.74, 6) is -0.0520. The van der Waals surface area contributed by atoms with Crippen LogP contribution in [0.1, 0.15) is 6.42 Å². The third kappa shape index (κ3) is 4.11. The van der Waals surface area contributed by atoms with E-state index in [-0.39, 0.29) is 29.5 Å². The summed E-state index contributed by atoms with van der Waals surface area (Å²) in [6.07, 6.45) is 0.0559. The fraction of sp³-hybridized carbons (Fsp3) is 0.364. The van der Waals surface area contributed by atoms with Crippen LogP contribution in [0.5, 0.6) is 5.75 Å². The average Bonchev–Trinajstić information content (AvgIpc) is 2.38. The first-order valence-corrected chi connectivity index (χ1v) is 7.03. The molecular weight excluding hydrogens is 270 g/mol. The van der Waals surface area contributed by atoms with Crippen molar-refractivity contribution in [2.24, 2.45) is 0 Å². The summed E-state index contributed by atoms with van der Waals surface area (Å²) in [4.78, 5) is 11.0. The van der Waals surface area contributed by atoms with Gasteiger partial charge in [-0.3, -0.25) is 4.79 Å². The Balaban J connectivity index is 2.88. The molecule has 0 bridgehead atoms. The molecule has 0 unspecified atom stereocenters. The second-order valence-electron chi connectivity index (χ2n) is 3.73. The Bertz CT molecular complexity index is 557. The molecule has 7 nitrogen and oxygen atoms in total. The fourth-order valence-electron chi connectivity index (χ4n) is 1.40. The number of amides is 1. The van der Waals surface area contributed by atoms with Crippen molar-refractivity contribution in [3.8, 4) is 5.75 Å². The molecule has 8 heteroatoms. The number of sulfonamides is 1. The number of nitrogens with two attached hydrogens (primary N) is 1. The van der Waals surface area contributed by atoms with Crippen molar-refractivity contribution in [2.75, 3.05) is 26.4 Å². The van der Waals surface area contributed by atoms with Gasteiger partial charge in [-0.1, -0.05) is 0 Å². The number of methoxy groups -OCH3 is 1. The summed E-state index contributed by atoms with van der Waals surface area (Å²) in [5.41, 5.74) is 5.88. The molecule has 4 N–H and O–H groups in total. The Kier molecular flexibility index (Phi) is 5.13. The number of carbonyl (C=O) groups is 1. The Morgan fingerprint density at radius 2 is 2.11 bits per heavy atom. The van der Waals surface area contributed by atoms with Crippen molar-refractivity contribution in [1.82, 2.24) is 10.0 Å². The van der Waals surface area contributed by atoms with E-state index in [1.807, 2.05) is 0 Å². The van der Waals surface area contributed by atoms with Crippen LogP contribution in [0, 0.1) is 0 Å². The lowest BCUT2D eigenvalue weighted by Crippen LogP contribution is -2.29. The molecule has 0 heterocycles. The van der Waals surface area contributed by atoms with Crippen LogP contribution in [0.3, 0.4) is 0 Å². The highest BCUT2D eigenvalue weighted by molar-refractivity contribution is 7.89. The van der Waals surface area contributed by atoms with Gasteiger partial charge < -0.3 is 15.8 Å². The molecule has 0 aliphatic rings. The molecule has 0 fully saturated rings. The van der Waals surface area contributed by atoms with Crippen molar-refractivity contribution >= 4 is 21.6 Å². The Morgan fingerprint density at radius 3 is 2.68 bits per heavy atom. The van der Waals surface area contributed by atoms with E-state index in [9.17, 15) is 13.2 Å². The lowest BCUT2D eigenvalue weighted by atomic mass is 10.3. The van der Waals surface area contributed by atoms with Gasteiger partial charge in [0.1, 0.15) is 10.6 Å². The molecule has 0 aliphatic heterocycles. The van der Waals surface area contributed by atoms with Crippen molar-refractivity contribution in [1.29, 1.82) is 0 Å². The van der Waals surface area contributed by atoms with Crippen LogP contribution in [0.4, 0.5) is 5.69 Å². The topological polar surface area (TPSA) is 111 Å². The van der Waals surface area contributed by atoms with Crippen LogP contribution < -0.4 is 20.5 Å². The zero-order valence-electron chi connectivity index (χ0n) is 10.8. The zero-order valence-corrected chi connectivity index (χ0v) is 11.6.